The van der Waals surface area contributed by atoms with E-state index in [9.17, 15) is 9.59 Å². The van der Waals surface area contributed by atoms with Gasteiger partial charge in [-0.15, -0.1) is 11.3 Å². The summed E-state index contributed by atoms with van der Waals surface area (Å²) in [5.74, 6) is -0.0831. The predicted octanol–water partition coefficient (Wildman–Crippen LogP) is 1.96. The van der Waals surface area contributed by atoms with Crippen molar-refractivity contribution in [2.24, 2.45) is 0 Å². The highest BCUT2D eigenvalue weighted by Crippen LogP contribution is 2.06. The van der Waals surface area contributed by atoms with Crippen molar-refractivity contribution >= 4 is 35.0 Å². The van der Waals surface area contributed by atoms with E-state index in [1.807, 2.05) is 18.4 Å². The largest absolute Gasteiger partial charge is 0.333 e. The first kappa shape index (κ1) is 15.8. The number of rotatable bonds is 5. The Labute approximate surface area is 132 Å². The number of nitrogens with one attached hydrogen (secondary N) is 1. The summed E-state index contributed by atoms with van der Waals surface area (Å²) in [7, 11) is 1.57. The maximum atomic E-state index is 11.9. The molecule has 22 heavy (non-hydrogen) atoms. The van der Waals surface area contributed by atoms with Crippen LogP contribution in [0.2, 0.25) is 0 Å². The van der Waals surface area contributed by atoms with E-state index in [0.29, 0.717) is 5.82 Å². The van der Waals surface area contributed by atoms with Crippen molar-refractivity contribution < 1.29 is 9.59 Å². The second kappa shape index (κ2) is 7.46. The molecule has 0 aliphatic heterocycles. The lowest BCUT2D eigenvalue weighted by Crippen LogP contribution is -2.34. The van der Waals surface area contributed by atoms with E-state index in [0.717, 1.165) is 11.3 Å². The van der Waals surface area contributed by atoms with Crippen LogP contribution in [0, 0.1) is 6.92 Å². The van der Waals surface area contributed by atoms with Gasteiger partial charge in [0.15, 0.2) is 0 Å². The van der Waals surface area contributed by atoms with Crippen molar-refractivity contribution in [1.82, 2.24) is 14.9 Å². The van der Waals surface area contributed by atoms with Crippen molar-refractivity contribution in [1.29, 1.82) is 0 Å². The number of aromatic nitrogens is 2. The Hall–Kier alpha value is -2.54. The molecule has 0 spiro atoms. The van der Waals surface area contributed by atoms with Gasteiger partial charge in [-0.1, -0.05) is 0 Å². The van der Waals surface area contributed by atoms with Gasteiger partial charge >= 0.3 is 0 Å². The predicted molar refractivity (Wildman–Crippen MR) is 86.4 cm³/mol. The zero-order valence-electron chi connectivity index (χ0n) is 12.3. The lowest BCUT2D eigenvalue weighted by atomic mass is 10.3. The SMILES string of the molecule is Cc1ccnc(NC(=O)CN(C)C(=O)/C=C\c2cscn2)c1. The minimum atomic E-state index is -0.295. The first-order valence-corrected chi connectivity index (χ1v) is 7.53. The van der Waals surface area contributed by atoms with Crippen LogP contribution in [0.15, 0.2) is 35.3 Å². The summed E-state index contributed by atoms with van der Waals surface area (Å²) in [5, 5.41) is 4.49. The van der Waals surface area contributed by atoms with Gasteiger partial charge in [-0.2, -0.15) is 0 Å². The molecule has 1 N–H and O–H groups in total. The van der Waals surface area contributed by atoms with Crippen LogP contribution in [0.1, 0.15) is 11.3 Å². The maximum absolute atomic E-state index is 11.9. The van der Waals surface area contributed by atoms with Crippen LogP contribution in [0.5, 0.6) is 0 Å². The van der Waals surface area contributed by atoms with E-state index in [1.54, 1.807) is 30.9 Å². The number of amides is 2. The van der Waals surface area contributed by atoms with E-state index < -0.39 is 0 Å². The summed E-state index contributed by atoms with van der Waals surface area (Å²) in [6, 6.07) is 3.61. The first-order chi connectivity index (χ1) is 10.5. The second-order valence-corrected chi connectivity index (χ2v) is 5.43. The molecule has 6 nitrogen and oxygen atoms in total. The normalized spacial score (nSPS) is 10.6. The highest BCUT2D eigenvalue weighted by Gasteiger charge is 2.11. The van der Waals surface area contributed by atoms with E-state index in [4.69, 9.17) is 0 Å². The van der Waals surface area contributed by atoms with Crippen LogP contribution in [-0.2, 0) is 9.59 Å². The molecule has 0 fully saturated rings. The highest BCUT2D eigenvalue weighted by molar-refractivity contribution is 7.07. The smallest absolute Gasteiger partial charge is 0.246 e. The highest BCUT2D eigenvalue weighted by atomic mass is 32.1. The number of hydrogen-bond acceptors (Lipinski definition) is 5. The molecule has 0 aliphatic carbocycles. The van der Waals surface area contributed by atoms with Crippen molar-refractivity contribution in [3.05, 3.63) is 46.6 Å². The number of carbonyl (C=O) groups is 2. The first-order valence-electron chi connectivity index (χ1n) is 6.58. The zero-order valence-corrected chi connectivity index (χ0v) is 13.1. The monoisotopic (exact) mass is 316 g/mol. The summed E-state index contributed by atoms with van der Waals surface area (Å²) in [6.45, 7) is 1.87. The molecule has 0 radical (unpaired) electrons. The van der Waals surface area contributed by atoms with Gasteiger partial charge in [0.1, 0.15) is 5.82 Å². The van der Waals surface area contributed by atoms with E-state index >= 15 is 0 Å². The molecule has 0 saturated carbocycles. The Morgan fingerprint density at radius 1 is 1.41 bits per heavy atom. The Kier molecular flexibility index (Phi) is 5.37. The quantitative estimate of drug-likeness (QED) is 0.856. The number of hydrogen-bond donors (Lipinski definition) is 1. The summed E-state index contributed by atoms with van der Waals surface area (Å²) in [6.07, 6.45) is 4.64. The van der Waals surface area contributed by atoms with Crippen LogP contribution in [0.25, 0.3) is 6.08 Å². The Morgan fingerprint density at radius 2 is 2.23 bits per heavy atom. The number of thiazole rings is 1. The average molecular weight is 316 g/mol. The number of likely N-dealkylation sites (N-methyl/N-ethyl adjacent to an activating group) is 1. The summed E-state index contributed by atoms with van der Waals surface area (Å²) >= 11 is 1.45. The van der Waals surface area contributed by atoms with Gasteiger partial charge in [-0.05, 0) is 30.7 Å². The molecule has 2 amide bonds. The number of pyridine rings is 1. The van der Waals surface area contributed by atoms with Crippen LogP contribution in [0.3, 0.4) is 0 Å². The van der Waals surface area contributed by atoms with Gasteiger partial charge in [0.2, 0.25) is 11.8 Å². The molecule has 0 bridgehead atoms. The molecule has 2 aromatic rings. The van der Waals surface area contributed by atoms with Gasteiger partial charge in [-0.25, -0.2) is 9.97 Å². The molecule has 114 valence electrons. The zero-order chi connectivity index (χ0) is 15.9. The van der Waals surface area contributed by atoms with Gasteiger partial charge in [0, 0.05) is 24.7 Å². The van der Waals surface area contributed by atoms with Crippen molar-refractivity contribution in [3.63, 3.8) is 0 Å². The molecule has 2 rings (SSSR count). The van der Waals surface area contributed by atoms with Crippen molar-refractivity contribution in [2.75, 3.05) is 18.9 Å². The van der Waals surface area contributed by atoms with E-state index in [1.165, 1.54) is 22.3 Å². The minimum Gasteiger partial charge on any atom is -0.333 e. The summed E-state index contributed by atoms with van der Waals surface area (Å²) in [4.78, 5) is 33.2. The molecule has 0 saturated heterocycles. The van der Waals surface area contributed by atoms with E-state index in [-0.39, 0.29) is 18.4 Å². The van der Waals surface area contributed by atoms with Crippen LogP contribution in [0.4, 0.5) is 5.82 Å². The van der Waals surface area contributed by atoms with Crippen LogP contribution in [-0.4, -0.2) is 40.3 Å². The van der Waals surface area contributed by atoms with Gasteiger partial charge < -0.3 is 10.2 Å². The summed E-state index contributed by atoms with van der Waals surface area (Å²) < 4.78 is 0. The van der Waals surface area contributed by atoms with Gasteiger partial charge in [-0.3, -0.25) is 9.59 Å². The number of carbonyl (C=O) groups excluding carboxylic acids is 2. The molecule has 0 atom stereocenters. The molecular weight excluding hydrogens is 300 g/mol. The number of aryl methyl sites for hydroxylation is 1. The average Bonchev–Trinajstić information content (AvgIpc) is 2.97. The van der Waals surface area contributed by atoms with Crippen LogP contribution >= 0.6 is 11.3 Å². The van der Waals surface area contributed by atoms with Crippen molar-refractivity contribution in [2.45, 2.75) is 6.92 Å². The van der Waals surface area contributed by atoms with E-state index in [2.05, 4.69) is 15.3 Å². The fourth-order valence-corrected chi connectivity index (χ4v) is 2.19. The van der Waals surface area contributed by atoms with Gasteiger partial charge in [0.05, 0.1) is 17.7 Å². The fourth-order valence-electron chi connectivity index (χ4n) is 1.67. The molecule has 2 heterocycles. The lowest BCUT2D eigenvalue weighted by Gasteiger charge is -2.14. The van der Waals surface area contributed by atoms with Gasteiger partial charge in [0.25, 0.3) is 0 Å². The van der Waals surface area contributed by atoms with Crippen molar-refractivity contribution in [3.8, 4) is 0 Å². The third kappa shape index (κ3) is 4.78. The fraction of sp³-hybridized carbons (Fsp3) is 0.200. The molecule has 0 aliphatic rings. The van der Waals surface area contributed by atoms with Crippen LogP contribution < -0.4 is 5.32 Å². The molecule has 7 heteroatoms. The lowest BCUT2D eigenvalue weighted by molar-refractivity contribution is -0.129. The molecule has 0 aromatic carbocycles. The third-order valence-electron chi connectivity index (χ3n) is 2.79. The molecule has 2 aromatic heterocycles. The summed E-state index contributed by atoms with van der Waals surface area (Å²) in [5.41, 5.74) is 3.41. The number of nitrogens with zero attached hydrogens (tertiary/aromatic N) is 3. The Morgan fingerprint density at radius 3 is 2.91 bits per heavy atom. The Balaban J connectivity index is 1.86. The standard InChI is InChI=1S/C15H16N4O2S/c1-11-5-6-16-13(7-11)18-14(20)8-19(2)15(21)4-3-12-9-22-10-17-12/h3-7,9-10H,8H2,1-2H3,(H,16,18,20)/b4-3-. The topological polar surface area (TPSA) is 75.2 Å². The third-order valence-corrected chi connectivity index (χ3v) is 3.39. The molecular formula is C15H16N4O2S. The molecule has 0 unspecified atom stereocenters. The second-order valence-electron chi connectivity index (χ2n) is 4.71. The minimum absolute atomic E-state index is 0.0458. The Bertz CT molecular complexity index is 683. The maximum Gasteiger partial charge on any atom is 0.246 e. The number of anilines is 1.